The molecule has 19 heavy (non-hydrogen) atoms. The lowest BCUT2D eigenvalue weighted by Gasteiger charge is -2.35. The van der Waals surface area contributed by atoms with E-state index in [0.717, 1.165) is 26.1 Å². The first-order valence-corrected chi connectivity index (χ1v) is 8.48. The van der Waals surface area contributed by atoms with Gasteiger partial charge < -0.3 is 0 Å². The van der Waals surface area contributed by atoms with Gasteiger partial charge in [0.15, 0.2) is 0 Å². The minimum absolute atomic E-state index is 0.0675. The van der Waals surface area contributed by atoms with E-state index in [1.54, 1.807) is 6.20 Å². The molecule has 7 heteroatoms. The maximum atomic E-state index is 11.0. The summed E-state index contributed by atoms with van der Waals surface area (Å²) in [5, 5.41) is 9.27. The smallest absolute Gasteiger partial charge is 0.209 e. The molecular weight excluding hydrogens is 264 g/mol. The Balaban J connectivity index is 1.85. The summed E-state index contributed by atoms with van der Waals surface area (Å²) in [6, 6.07) is 2.38. The van der Waals surface area contributed by atoms with Crippen LogP contribution in [-0.2, 0) is 16.6 Å². The maximum Gasteiger partial charge on any atom is 0.209 e. The average molecular weight is 286 g/mol. The SMILES string of the molecule is NS(=O)(=O)CCCN1CCCCC1Cn1cccn1. The van der Waals surface area contributed by atoms with E-state index < -0.39 is 10.0 Å². The number of primary sulfonamides is 1. The zero-order valence-corrected chi connectivity index (χ0v) is 11.9. The lowest BCUT2D eigenvalue weighted by Crippen LogP contribution is -2.43. The Kier molecular flexibility index (Phi) is 4.95. The molecular formula is C12H22N4O2S. The van der Waals surface area contributed by atoms with Gasteiger partial charge >= 0.3 is 0 Å². The predicted molar refractivity (Wildman–Crippen MR) is 74.0 cm³/mol. The number of nitrogens with two attached hydrogens (primary N) is 1. The second-order valence-electron chi connectivity index (χ2n) is 5.13. The molecule has 0 saturated carbocycles. The van der Waals surface area contributed by atoms with Crippen LogP contribution >= 0.6 is 0 Å². The fraction of sp³-hybridized carbons (Fsp3) is 0.750. The fourth-order valence-electron chi connectivity index (χ4n) is 2.65. The van der Waals surface area contributed by atoms with Crippen LogP contribution in [-0.4, -0.2) is 48.0 Å². The van der Waals surface area contributed by atoms with Crippen molar-refractivity contribution in [2.45, 2.75) is 38.3 Å². The molecule has 6 nitrogen and oxygen atoms in total. The number of rotatable bonds is 6. The molecule has 1 saturated heterocycles. The van der Waals surface area contributed by atoms with Gasteiger partial charge in [-0.25, -0.2) is 13.6 Å². The third-order valence-electron chi connectivity index (χ3n) is 3.58. The molecule has 2 rings (SSSR count). The molecule has 1 aromatic heterocycles. The highest BCUT2D eigenvalue weighted by molar-refractivity contribution is 7.89. The van der Waals surface area contributed by atoms with Crippen molar-refractivity contribution < 1.29 is 8.42 Å². The highest BCUT2D eigenvalue weighted by Crippen LogP contribution is 2.18. The van der Waals surface area contributed by atoms with Gasteiger partial charge in [-0.1, -0.05) is 6.42 Å². The quantitative estimate of drug-likeness (QED) is 0.821. The van der Waals surface area contributed by atoms with E-state index in [9.17, 15) is 8.42 Å². The molecule has 1 aromatic rings. The van der Waals surface area contributed by atoms with Crippen molar-refractivity contribution in [3.63, 3.8) is 0 Å². The monoisotopic (exact) mass is 286 g/mol. The minimum atomic E-state index is -3.34. The van der Waals surface area contributed by atoms with Crippen molar-refractivity contribution in [3.05, 3.63) is 18.5 Å². The fourth-order valence-corrected chi connectivity index (χ4v) is 3.19. The summed E-state index contributed by atoms with van der Waals surface area (Å²) in [5.41, 5.74) is 0. The molecule has 108 valence electrons. The van der Waals surface area contributed by atoms with Gasteiger partial charge in [0, 0.05) is 18.4 Å². The van der Waals surface area contributed by atoms with Gasteiger partial charge in [0.1, 0.15) is 0 Å². The van der Waals surface area contributed by atoms with E-state index in [0.29, 0.717) is 12.5 Å². The van der Waals surface area contributed by atoms with E-state index in [1.165, 1.54) is 12.8 Å². The van der Waals surface area contributed by atoms with Crippen molar-refractivity contribution >= 4 is 10.0 Å². The number of hydrogen-bond donors (Lipinski definition) is 1. The molecule has 2 heterocycles. The lowest BCUT2D eigenvalue weighted by molar-refractivity contribution is 0.130. The molecule has 0 bridgehead atoms. The maximum absolute atomic E-state index is 11.0. The van der Waals surface area contributed by atoms with Crippen LogP contribution in [0.25, 0.3) is 0 Å². The van der Waals surface area contributed by atoms with Crippen LogP contribution in [0.1, 0.15) is 25.7 Å². The molecule has 0 amide bonds. The van der Waals surface area contributed by atoms with Crippen LogP contribution in [0.2, 0.25) is 0 Å². The highest BCUT2D eigenvalue weighted by atomic mass is 32.2. The standard InChI is InChI=1S/C12H22N4O2S/c13-19(17,18)10-4-8-15-7-2-1-5-12(15)11-16-9-3-6-14-16/h3,6,9,12H,1-2,4-5,7-8,10-11H2,(H2,13,17,18). The predicted octanol–water partition coefficient (Wildman–Crippen LogP) is 0.416. The van der Waals surface area contributed by atoms with Gasteiger partial charge in [0.05, 0.1) is 12.3 Å². The third kappa shape index (κ3) is 4.93. The van der Waals surface area contributed by atoms with E-state index in [2.05, 4.69) is 10.00 Å². The molecule has 0 aromatic carbocycles. The second-order valence-corrected chi connectivity index (χ2v) is 6.87. The molecule has 1 aliphatic heterocycles. The van der Waals surface area contributed by atoms with Crippen LogP contribution < -0.4 is 5.14 Å². The summed E-state index contributed by atoms with van der Waals surface area (Å²) in [4.78, 5) is 2.37. The normalized spacial score (nSPS) is 21.6. The van der Waals surface area contributed by atoms with Crippen molar-refractivity contribution in [3.8, 4) is 0 Å². The van der Waals surface area contributed by atoms with Gasteiger partial charge in [0.25, 0.3) is 0 Å². The first-order valence-electron chi connectivity index (χ1n) is 6.76. The van der Waals surface area contributed by atoms with Crippen LogP contribution in [0, 0.1) is 0 Å². The van der Waals surface area contributed by atoms with Crippen LogP contribution in [0.15, 0.2) is 18.5 Å². The first-order chi connectivity index (χ1) is 9.04. The Morgan fingerprint density at radius 3 is 2.89 bits per heavy atom. The second kappa shape index (κ2) is 6.49. The first kappa shape index (κ1) is 14.5. The minimum Gasteiger partial charge on any atom is -0.299 e. The summed E-state index contributed by atoms with van der Waals surface area (Å²) < 4.78 is 23.9. The van der Waals surface area contributed by atoms with Gasteiger partial charge in [-0.05, 0) is 38.4 Å². The Morgan fingerprint density at radius 1 is 1.37 bits per heavy atom. The Morgan fingerprint density at radius 2 is 2.21 bits per heavy atom. The summed E-state index contributed by atoms with van der Waals surface area (Å²) in [5.74, 6) is 0.0675. The Labute approximate surface area is 114 Å². The average Bonchev–Trinajstić information content (AvgIpc) is 2.82. The molecule has 0 spiro atoms. The van der Waals surface area contributed by atoms with Crippen molar-refractivity contribution in [1.29, 1.82) is 0 Å². The molecule has 1 fully saturated rings. The number of hydrogen-bond acceptors (Lipinski definition) is 4. The molecule has 1 aliphatic rings. The summed E-state index contributed by atoms with van der Waals surface area (Å²) >= 11 is 0. The van der Waals surface area contributed by atoms with Crippen LogP contribution in [0.4, 0.5) is 0 Å². The molecule has 0 aliphatic carbocycles. The van der Waals surface area contributed by atoms with Gasteiger partial charge in [-0.3, -0.25) is 9.58 Å². The third-order valence-corrected chi connectivity index (χ3v) is 4.44. The van der Waals surface area contributed by atoms with Crippen LogP contribution in [0.3, 0.4) is 0 Å². The molecule has 1 unspecified atom stereocenters. The zero-order valence-electron chi connectivity index (χ0n) is 11.1. The van der Waals surface area contributed by atoms with Gasteiger partial charge in [-0.15, -0.1) is 0 Å². The van der Waals surface area contributed by atoms with E-state index in [4.69, 9.17) is 5.14 Å². The number of aromatic nitrogens is 2. The summed E-state index contributed by atoms with van der Waals surface area (Å²) in [6.45, 7) is 2.71. The van der Waals surface area contributed by atoms with Crippen molar-refractivity contribution in [2.75, 3.05) is 18.8 Å². The Bertz CT molecular complexity index is 472. The van der Waals surface area contributed by atoms with E-state index in [1.807, 2.05) is 16.9 Å². The van der Waals surface area contributed by atoms with Gasteiger partial charge in [0.2, 0.25) is 10.0 Å². The number of sulfonamides is 1. The van der Waals surface area contributed by atoms with Gasteiger partial charge in [-0.2, -0.15) is 5.10 Å². The van der Waals surface area contributed by atoms with Crippen molar-refractivity contribution in [1.82, 2.24) is 14.7 Å². The van der Waals surface area contributed by atoms with Crippen molar-refractivity contribution in [2.24, 2.45) is 5.14 Å². The highest BCUT2D eigenvalue weighted by Gasteiger charge is 2.22. The molecule has 1 atom stereocenters. The largest absolute Gasteiger partial charge is 0.299 e. The van der Waals surface area contributed by atoms with E-state index >= 15 is 0 Å². The van der Waals surface area contributed by atoms with Crippen LogP contribution in [0.5, 0.6) is 0 Å². The number of nitrogens with zero attached hydrogens (tertiary/aromatic N) is 3. The number of likely N-dealkylation sites (tertiary alicyclic amines) is 1. The lowest BCUT2D eigenvalue weighted by atomic mass is 10.0. The summed E-state index contributed by atoms with van der Waals surface area (Å²) in [7, 11) is -3.34. The topological polar surface area (TPSA) is 81.2 Å². The zero-order chi connectivity index (χ0) is 13.7. The Hall–Kier alpha value is -0.920. The number of piperidine rings is 1. The molecule has 0 radical (unpaired) electrons. The summed E-state index contributed by atoms with van der Waals surface area (Å²) in [6.07, 6.45) is 7.93. The van der Waals surface area contributed by atoms with E-state index in [-0.39, 0.29) is 5.75 Å². The molecule has 2 N–H and O–H groups in total.